The number of carbonyl (C=O) groups excluding carboxylic acids is 1. The summed E-state index contributed by atoms with van der Waals surface area (Å²) in [6.45, 7) is 8.14. The average Bonchev–Trinajstić information content (AvgIpc) is 3.07. The Bertz CT molecular complexity index is 781. The Morgan fingerprint density at radius 2 is 2.04 bits per heavy atom. The van der Waals surface area contributed by atoms with Crippen molar-refractivity contribution in [3.8, 4) is 5.75 Å². The van der Waals surface area contributed by atoms with E-state index < -0.39 is 6.10 Å². The number of ether oxygens (including phenoxy) is 1. The lowest BCUT2D eigenvalue weighted by molar-refractivity contribution is -0.132. The molecule has 1 atom stereocenters. The topological polar surface area (TPSA) is 78.2 Å². The van der Waals surface area contributed by atoms with Crippen LogP contribution in [0.15, 0.2) is 28.9 Å². The van der Waals surface area contributed by atoms with Crippen molar-refractivity contribution in [1.82, 2.24) is 15.1 Å². The first-order valence-electron chi connectivity index (χ1n) is 9.93. The van der Waals surface area contributed by atoms with Crippen LogP contribution in [-0.2, 0) is 11.2 Å². The van der Waals surface area contributed by atoms with Crippen LogP contribution in [0, 0.1) is 0 Å². The Morgan fingerprint density at radius 1 is 1.29 bits per heavy atom. The van der Waals surface area contributed by atoms with Crippen LogP contribution in [0.2, 0.25) is 0 Å². The minimum Gasteiger partial charge on any atom is -0.491 e. The molecular formula is C21H31N3O4. The molecule has 2 heterocycles. The van der Waals surface area contributed by atoms with Crippen molar-refractivity contribution in [2.24, 2.45) is 0 Å². The second kappa shape index (κ2) is 9.41. The number of nitrogens with one attached hydrogen (secondary N) is 1. The Labute approximate surface area is 166 Å². The molecule has 1 aliphatic rings. The van der Waals surface area contributed by atoms with Gasteiger partial charge in [-0.1, -0.05) is 13.8 Å². The van der Waals surface area contributed by atoms with E-state index in [9.17, 15) is 9.90 Å². The van der Waals surface area contributed by atoms with Crippen LogP contribution < -0.4 is 10.1 Å². The number of aliphatic hydroxyl groups excluding tert-OH is 1. The normalized spacial score (nSPS) is 16.7. The number of rotatable bonds is 8. The molecule has 7 heteroatoms. The van der Waals surface area contributed by atoms with E-state index in [-0.39, 0.29) is 12.5 Å². The van der Waals surface area contributed by atoms with Gasteiger partial charge in [-0.05, 0) is 19.2 Å². The summed E-state index contributed by atoms with van der Waals surface area (Å²) in [5.41, 5.74) is 1.58. The Morgan fingerprint density at radius 3 is 2.75 bits per heavy atom. The van der Waals surface area contributed by atoms with Crippen molar-refractivity contribution in [3.63, 3.8) is 0 Å². The van der Waals surface area contributed by atoms with E-state index in [2.05, 4.69) is 17.3 Å². The second-order valence-electron chi connectivity index (χ2n) is 7.81. The van der Waals surface area contributed by atoms with Gasteiger partial charge in [-0.25, -0.2) is 0 Å². The molecule has 0 bridgehead atoms. The van der Waals surface area contributed by atoms with Gasteiger partial charge in [0.25, 0.3) is 0 Å². The summed E-state index contributed by atoms with van der Waals surface area (Å²) < 4.78 is 11.3. The van der Waals surface area contributed by atoms with Gasteiger partial charge in [0.15, 0.2) is 0 Å². The monoisotopic (exact) mass is 389 g/mol. The van der Waals surface area contributed by atoms with Crippen molar-refractivity contribution >= 4 is 16.9 Å². The molecule has 3 rings (SSSR count). The van der Waals surface area contributed by atoms with Crippen LogP contribution in [0.3, 0.4) is 0 Å². The number of furan rings is 1. The third kappa shape index (κ3) is 5.47. The number of amides is 1. The molecule has 0 spiro atoms. The fourth-order valence-corrected chi connectivity index (χ4v) is 3.24. The number of hydrogen-bond acceptors (Lipinski definition) is 6. The summed E-state index contributed by atoms with van der Waals surface area (Å²) in [7, 11) is 2.07. The highest BCUT2D eigenvalue weighted by molar-refractivity contribution is 5.88. The molecule has 28 heavy (non-hydrogen) atoms. The van der Waals surface area contributed by atoms with Crippen molar-refractivity contribution in [2.75, 3.05) is 46.4 Å². The van der Waals surface area contributed by atoms with Gasteiger partial charge in [0.2, 0.25) is 5.91 Å². The van der Waals surface area contributed by atoms with Crippen LogP contribution in [0.25, 0.3) is 11.0 Å². The number of hydrogen-bond donors (Lipinski definition) is 2. The number of piperazine rings is 1. The van der Waals surface area contributed by atoms with Crippen molar-refractivity contribution in [1.29, 1.82) is 0 Å². The molecule has 154 valence electrons. The van der Waals surface area contributed by atoms with Gasteiger partial charge in [-0.3, -0.25) is 4.79 Å². The van der Waals surface area contributed by atoms with Gasteiger partial charge in [0, 0.05) is 55.8 Å². The van der Waals surface area contributed by atoms with Gasteiger partial charge < -0.3 is 29.4 Å². The lowest BCUT2D eigenvalue weighted by Crippen LogP contribution is -2.47. The van der Waals surface area contributed by atoms with Crippen LogP contribution in [0.5, 0.6) is 5.75 Å². The number of carbonyl (C=O) groups is 1. The summed E-state index contributed by atoms with van der Waals surface area (Å²) in [5, 5.41) is 14.1. The van der Waals surface area contributed by atoms with Crippen molar-refractivity contribution < 1.29 is 19.1 Å². The zero-order chi connectivity index (χ0) is 20.1. The molecule has 1 aromatic carbocycles. The molecule has 1 unspecified atom stereocenters. The number of aliphatic hydroxyl groups is 1. The summed E-state index contributed by atoms with van der Waals surface area (Å²) in [6, 6.07) is 5.90. The largest absolute Gasteiger partial charge is 0.491 e. The molecule has 1 aromatic heterocycles. The van der Waals surface area contributed by atoms with Crippen LogP contribution in [0.1, 0.15) is 19.4 Å². The molecule has 2 N–H and O–H groups in total. The predicted molar refractivity (Wildman–Crippen MR) is 109 cm³/mol. The molecule has 2 aromatic rings. The highest BCUT2D eigenvalue weighted by atomic mass is 16.5. The Balaban J connectivity index is 1.57. The SMILES string of the molecule is CC(C)NCC(O)COc1ccc2c(CC(=O)N3CCN(C)CC3)coc2c1. The van der Waals surface area contributed by atoms with E-state index in [1.807, 2.05) is 36.9 Å². The van der Waals surface area contributed by atoms with Crippen LogP contribution in [0.4, 0.5) is 0 Å². The molecule has 0 radical (unpaired) electrons. The molecular weight excluding hydrogens is 358 g/mol. The Hall–Kier alpha value is -2.09. The van der Waals surface area contributed by atoms with E-state index >= 15 is 0 Å². The molecule has 1 amide bonds. The number of likely N-dealkylation sites (N-methyl/N-ethyl adjacent to an activating group) is 1. The number of nitrogens with zero attached hydrogens (tertiary/aromatic N) is 2. The van der Waals surface area contributed by atoms with Crippen LogP contribution >= 0.6 is 0 Å². The van der Waals surface area contributed by atoms with Gasteiger partial charge in [0.1, 0.15) is 24.0 Å². The predicted octanol–water partition coefficient (Wildman–Crippen LogP) is 1.49. The zero-order valence-electron chi connectivity index (χ0n) is 17.0. The molecule has 7 nitrogen and oxygen atoms in total. The van der Waals surface area contributed by atoms with E-state index in [4.69, 9.17) is 9.15 Å². The molecule has 1 saturated heterocycles. The molecule has 0 saturated carbocycles. The maximum absolute atomic E-state index is 12.6. The van der Waals surface area contributed by atoms with Gasteiger partial charge >= 0.3 is 0 Å². The van der Waals surface area contributed by atoms with Crippen molar-refractivity contribution in [2.45, 2.75) is 32.4 Å². The maximum Gasteiger partial charge on any atom is 0.227 e. The summed E-state index contributed by atoms with van der Waals surface area (Å²) in [6.07, 6.45) is 1.42. The molecule has 0 aliphatic carbocycles. The number of benzene rings is 1. The van der Waals surface area contributed by atoms with Gasteiger partial charge in [-0.15, -0.1) is 0 Å². The van der Waals surface area contributed by atoms with Crippen molar-refractivity contribution in [3.05, 3.63) is 30.0 Å². The highest BCUT2D eigenvalue weighted by Gasteiger charge is 2.20. The minimum absolute atomic E-state index is 0.136. The maximum atomic E-state index is 12.6. The molecule has 1 aliphatic heterocycles. The lowest BCUT2D eigenvalue weighted by Gasteiger charge is -2.32. The van der Waals surface area contributed by atoms with Crippen LogP contribution in [-0.4, -0.2) is 79.3 Å². The smallest absolute Gasteiger partial charge is 0.227 e. The fourth-order valence-electron chi connectivity index (χ4n) is 3.24. The minimum atomic E-state index is -0.577. The molecule has 1 fully saturated rings. The third-order valence-corrected chi connectivity index (χ3v) is 5.03. The van der Waals surface area contributed by atoms with Gasteiger partial charge in [0.05, 0.1) is 12.7 Å². The fraction of sp³-hybridized carbons (Fsp3) is 0.571. The standard InChI is InChI=1S/C21H31N3O4/c1-15(2)22-12-17(25)14-27-18-4-5-19-16(13-28-20(19)11-18)10-21(26)24-8-6-23(3)7-9-24/h4-5,11,13,15,17,22,25H,6-10,12,14H2,1-3H3. The second-order valence-corrected chi connectivity index (χ2v) is 7.81. The zero-order valence-corrected chi connectivity index (χ0v) is 17.0. The number of fused-ring (bicyclic) bond motifs is 1. The third-order valence-electron chi connectivity index (χ3n) is 5.03. The average molecular weight is 389 g/mol. The summed E-state index contributed by atoms with van der Waals surface area (Å²) >= 11 is 0. The summed E-state index contributed by atoms with van der Waals surface area (Å²) in [5.74, 6) is 0.777. The summed E-state index contributed by atoms with van der Waals surface area (Å²) in [4.78, 5) is 16.7. The quantitative estimate of drug-likeness (QED) is 0.712. The Kier molecular flexibility index (Phi) is 6.93. The highest BCUT2D eigenvalue weighted by Crippen LogP contribution is 2.26. The van der Waals surface area contributed by atoms with E-state index in [1.165, 1.54) is 0 Å². The van der Waals surface area contributed by atoms with Gasteiger partial charge in [-0.2, -0.15) is 0 Å². The first-order chi connectivity index (χ1) is 13.4. The van der Waals surface area contributed by atoms with E-state index in [0.29, 0.717) is 30.3 Å². The first-order valence-corrected chi connectivity index (χ1v) is 9.93. The van der Waals surface area contributed by atoms with E-state index in [1.54, 1.807) is 6.26 Å². The first kappa shape index (κ1) is 20.6. The van der Waals surface area contributed by atoms with E-state index in [0.717, 1.165) is 37.1 Å². The lowest BCUT2D eigenvalue weighted by atomic mass is 10.1.